The molecule has 2 aromatic rings. The number of benzene rings is 1. The molecule has 0 saturated heterocycles. The molecule has 0 spiro atoms. The highest BCUT2D eigenvalue weighted by Crippen LogP contribution is 2.41. The van der Waals surface area contributed by atoms with Gasteiger partial charge in [-0.3, -0.25) is 4.79 Å². The van der Waals surface area contributed by atoms with Gasteiger partial charge in [-0.05, 0) is 58.1 Å². The summed E-state index contributed by atoms with van der Waals surface area (Å²) in [5.41, 5.74) is 0.393. The predicted octanol–water partition coefficient (Wildman–Crippen LogP) is 6.91. The van der Waals surface area contributed by atoms with E-state index < -0.39 is 15.6 Å². The number of nitrogens with zero attached hydrogens (tertiary/aromatic N) is 1. The summed E-state index contributed by atoms with van der Waals surface area (Å²) in [7, 11) is -3.90. The van der Waals surface area contributed by atoms with Crippen LogP contribution in [0.5, 0.6) is 0 Å². The molecule has 37 heavy (non-hydrogen) atoms. The fraction of sp³-hybridized carbons (Fsp3) is 0.630. The van der Waals surface area contributed by atoms with Crippen LogP contribution in [0, 0.1) is 5.92 Å². The van der Waals surface area contributed by atoms with Gasteiger partial charge in [0, 0.05) is 17.1 Å². The Bertz CT molecular complexity index is 1230. The average Bonchev–Trinajstić information content (AvgIpc) is 3.24. The van der Waals surface area contributed by atoms with Gasteiger partial charge >= 0.3 is 5.91 Å². The van der Waals surface area contributed by atoms with Gasteiger partial charge in [-0.2, -0.15) is 0 Å². The summed E-state index contributed by atoms with van der Waals surface area (Å²) in [5, 5.41) is 3.03. The summed E-state index contributed by atoms with van der Waals surface area (Å²) < 4.78 is 34.5. The lowest BCUT2D eigenvalue weighted by atomic mass is 9.85. The van der Waals surface area contributed by atoms with Crippen LogP contribution < -0.4 is 10.0 Å². The number of rotatable bonds is 7. The summed E-state index contributed by atoms with van der Waals surface area (Å²) in [4.78, 5) is 17.6. The minimum absolute atomic E-state index is 0.00432. The van der Waals surface area contributed by atoms with E-state index in [9.17, 15) is 13.2 Å². The molecule has 2 fully saturated rings. The number of nitrogens with one attached hydrogen (secondary N) is 2. The fourth-order valence-electron chi connectivity index (χ4n) is 5.33. The topological polar surface area (TPSA) is 101 Å². The molecule has 0 bridgehead atoms. The first-order chi connectivity index (χ1) is 17.4. The Morgan fingerprint density at radius 1 is 1.00 bits per heavy atom. The lowest BCUT2D eigenvalue weighted by molar-refractivity contribution is 0.0893. The molecular weight excluding hydrogens is 533 g/mol. The van der Waals surface area contributed by atoms with Gasteiger partial charge in [-0.1, -0.05) is 74.6 Å². The van der Waals surface area contributed by atoms with Crippen LogP contribution in [0.15, 0.2) is 21.4 Å². The molecule has 1 aromatic carbocycles. The van der Waals surface area contributed by atoms with Gasteiger partial charge in [-0.15, -0.1) is 0 Å². The fourth-order valence-corrected chi connectivity index (χ4v) is 7.61. The van der Waals surface area contributed by atoms with E-state index in [-0.39, 0.29) is 32.8 Å². The highest BCUT2D eigenvalue weighted by Gasteiger charge is 2.30. The third-order valence-electron chi connectivity index (χ3n) is 7.06. The van der Waals surface area contributed by atoms with Crippen LogP contribution in [0.25, 0.3) is 11.3 Å². The van der Waals surface area contributed by atoms with Crippen molar-refractivity contribution < 1.29 is 17.6 Å². The molecule has 1 heterocycles. The monoisotopic (exact) mass is 569 g/mol. The van der Waals surface area contributed by atoms with Crippen LogP contribution >= 0.6 is 23.2 Å². The summed E-state index contributed by atoms with van der Waals surface area (Å²) in [6.07, 6.45) is 11.7. The second-order valence-electron chi connectivity index (χ2n) is 11.4. The van der Waals surface area contributed by atoms with Gasteiger partial charge < -0.3 is 9.73 Å². The molecule has 2 aliphatic rings. The smallest absolute Gasteiger partial charge is 0.307 e. The predicted molar refractivity (Wildman–Crippen MR) is 147 cm³/mol. The Kier molecular flexibility index (Phi) is 8.94. The molecule has 1 amide bonds. The van der Waals surface area contributed by atoms with Crippen molar-refractivity contribution in [1.29, 1.82) is 0 Å². The third-order valence-corrected chi connectivity index (χ3v) is 9.85. The van der Waals surface area contributed by atoms with Crippen LogP contribution in [0.2, 0.25) is 10.0 Å². The van der Waals surface area contributed by atoms with Gasteiger partial charge in [-0.25, -0.2) is 18.1 Å². The van der Waals surface area contributed by atoms with Gasteiger partial charge in [0.15, 0.2) is 5.76 Å². The Morgan fingerprint density at radius 3 is 2.24 bits per heavy atom. The molecule has 0 unspecified atom stereocenters. The number of carbonyl (C=O) groups excluding carboxylic acids is 1. The summed E-state index contributed by atoms with van der Waals surface area (Å²) >= 11 is 13.2. The zero-order chi connectivity index (χ0) is 26.8. The van der Waals surface area contributed by atoms with Crippen LogP contribution in [0.4, 0.5) is 0 Å². The van der Waals surface area contributed by atoms with Gasteiger partial charge in [0.2, 0.25) is 10.0 Å². The van der Waals surface area contributed by atoms with Crippen molar-refractivity contribution in [2.45, 2.75) is 108 Å². The first kappa shape index (κ1) is 28.4. The van der Waals surface area contributed by atoms with Gasteiger partial charge in [0.25, 0.3) is 5.89 Å². The maximum atomic E-state index is 13.1. The average molecular weight is 571 g/mol. The van der Waals surface area contributed by atoms with Crippen molar-refractivity contribution in [3.05, 3.63) is 33.8 Å². The number of hydrogen-bond donors (Lipinski definition) is 2. The summed E-state index contributed by atoms with van der Waals surface area (Å²) in [5.74, 6) is 0.485. The van der Waals surface area contributed by atoms with Gasteiger partial charge in [0.05, 0.1) is 15.7 Å². The molecule has 1 aromatic heterocycles. The van der Waals surface area contributed by atoms with E-state index in [0.29, 0.717) is 29.4 Å². The maximum Gasteiger partial charge on any atom is 0.307 e. The Labute approximate surface area is 230 Å². The first-order valence-electron chi connectivity index (χ1n) is 13.3. The first-order valence-corrected chi connectivity index (χ1v) is 15.5. The molecule has 10 heteroatoms. The third kappa shape index (κ3) is 7.08. The van der Waals surface area contributed by atoms with Crippen LogP contribution in [-0.4, -0.2) is 30.9 Å². The molecule has 0 atom stereocenters. The number of amides is 1. The maximum absolute atomic E-state index is 13.1. The van der Waals surface area contributed by atoms with Crippen molar-refractivity contribution >= 4 is 39.1 Å². The van der Waals surface area contributed by atoms with E-state index >= 15 is 0 Å². The molecular formula is C27H37Cl2N3O4S. The van der Waals surface area contributed by atoms with E-state index in [1.54, 1.807) is 26.8 Å². The number of hydrogen-bond acceptors (Lipinski definition) is 5. The van der Waals surface area contributed by atoms with Crippen LogP contribution in [0.3, 0.4) is 0 Å². The molecule has 2 saturated carbocycles. The summed E-state index contributed by atoms with van der Waals surface area (Å²) in [6.45, 7) is 5.25. The van der Waals surface area contributed by atoms with E-state index in [1.807, 2.05) is 0 Å². The number of sulfonamides is 1. The van der Waals surface area contributed by atoms with Crippen molar-refractivity contribution in [1.82, 2.24) is 15.0 Å². The molecule has 2 aliphatic carbocycles. The van der Waals surface area contributed by atoms with Crippen LogP contribution in [0.1, 0.15) is 101 Å². The molecule has 0 radical (unpaired) electrons. The summed E-state index contributed by atoms with van der Waals surface area (Å²) in [6, 6.07) is 3.13. The number of carbonyl (C=O) groups is 1. The standard InChI is InChI=1S/C27H37Cl2N3O4S/c1-27(2,3)32-37(34,35)21-15-14-19(22(28)23(21)29)24-20(16-17-10-6-4-7-11-17)31-26(36-24)25(33)30-18-12-8-5-9-13-18/h14-15,17-18,32H,4-13,16H2,1-3H3,(H,30,33). The zero-order valence-corrected chi connectivity index (χ0v) is 24.2. The number of halogens is 2. The second-order valence-corrected chi connectivity index (χ2v) is 13.8. The van der Waals surface area contributed by atoms with E-state index in [2.05, 4.69) is 15.0 Å². The van der Waals surface area contributed by atoms with Crippen molar-refractivity contribution in [2.24, 2.45) is 5.92 Å². The Hall–Kier alpha value is -1.61. The second kappa shape index (κ2) is 11.6. The molecule has 0 aliphatic heterocycles. The number of oxazole rings is 1. The lowest BCUT2D eigenvalue weighted by Crippen LogP contribution is -2.40. The van der Waals surface area contributed by atoms with Crippen molar-refractivity contribution in [3.8, 4) is 11.3 Å². The highest BCUT2D eigenvalue weighted by atomic mass is 35.5. The Morgan fingerprint density at radius 2 is 1.62 bits per heavy atom. The Balaban J connectivity index is 1.69. The van der Waals surface area contributed by atoms with Crippen molar-refractivity contribution in [2.75, 3.05) is 0 Å². The van der Waals surface area contributed by atoms with E-state index in [0.717, 1.165) is 38.5 Å². The quantitative estimate of drug-likeness (QED) is 0.377. The zero-order valence-electron chi connectivity index (χ0n) is 21.8. The minimum atomic E-state index is -3.90. The van der Waals surface area contributed by atoms with E-state index in [1.165, 1.54) is 31.7 Å². The molecule has 7 nitrogen and oxygen atoms in total. The molecule has 2 N–H and O–H groups in total. The highest BCUT2D eigenvalue weighted by molar-refractivity contribution is 7.89. The normalized spacial score (nSPS) is 18.2. The van der Waals surface area contributed by atoms with E-state index in [4.69, 9.17) is 27.6 Å². The van der Waals surface area contributed by atoms with Crippen LogP contribution in [-0.2, 0) is 16.4 Å². The molecule has 204 valence electrons. The SMILES string of the molecule is CC(C)(C)NS(=O)(=O)c1ccc(-c2oc(C(=O)NC3CCCCC3)nc2CC2CCCCC2)c(Cl)c1Cl. The number of aromatic nitrogens is 1. The van der Waals surface area contributed by atoms with Crippen molar-refractivity contribution in [3.63, 3.8) is 0 Å². The largest absolute Gasteiger partial charge is 0.432 e. The van der Waals surface area contributed by atoms with Gasteiger partial charge in [0.1, 0.15) is 4.90 Å². The molecule has 4 rings (SSSR count). The minimum Gasteiger partial charge on any atom is -0.432 e. The lowest BCUT2D eigenvalue weighted by Gasteiger charge is -2.21.